The van der Waals surface area contributed by atoms with E-state index in [0.29, 0.717) is 5.56 Å². The highest BCUT2D eigenvalue weighted by molar-refractivity contribution is 6.00. The average Bonchev–Trinajstić information content (AvgIpc) is 3.10. The van der Waals surface area contributed by atoms with Gasteiger partial charge < -0.3 is 9.88 Å². The Bertz CT molecular complexity index is 845. The summed E-state index contributed by atoms with van der Waals surface area (Å²) in [5, 5.41) is 7.39. The summed E-state index contributed by atoms with van der Waals surface area (Å²) in [5.74, 6) is -0.0406. The Morgan fingerprint density at radius 3 is 2.95 bits per heavy atom. The van der Waals surface area contributed by atoms with Crippen LogP contribution in [-0.4, -0.2) is 26.1 Å². The van der Waals surface area contributed by atoms with Crippen LogP contribution in [0.15, 0.2) is 42.9 Å². The number of fused-ring (bicyclic) bond motifs is 2. The van der Waals surface area contributed by atoms with Gasteiger partial charge in [0.15, 0.2) is 0 Å². The van der Waals surface area contributed by atoms with Gasteiger partial charge in [0.25, 0.3) is 5.91 Å². The number of aryl methyl sites for hydroxylation is 2. The van der Waals surface area contributed by atoms with Gasteiger partial charge in [-0.2, -0.15) is 5.10 Å². The SMILES string of the molecule is Cn1ccn2ncc(C(=O)N[C@H]3CCc4ccccc4C3)c12. The molecular weight excluding hydrogens is 276 g/mol. The summed E-state index contributed by atoms with van der Waals surface area (Å²) < 4.78 is 3.64. The second-order valence-electron chi connectivity index (χ2n) is 5.92. The quantitative estimate of drug-likeness (QED) is 0.785. The smallest absolute Gasteiger partial charge is 0.256 e. The van der Waals surface area contributed by atoms with E-state index in [0.717, 1.165) is 24.9 Å². The molecule has 2 heterocycles. The Labute approximate surface area is 128 Å². The molecule has 1 aliphatic rings. The lowest BCUT2D eigenvalue weighted by Crippen LogP contribution is -2.38. The minimum atomic E-state index is -0.0406. The number of aromatic nitrogens is 3. The molecular formula is C17H18N4O. The molecule has 0 radical (unpaired) electrons. The van der Waals surface area contributed by atoms with E-state index < -0.39 is 0 Å². The Hall–Kier alpha value is -2.56. The molecule has 112 valence electrons. The van der Waals surface area contributed by atoms with Crippen LogP contribution < -0.4 is 5.32 Å². The molecule has 0 bridgehead atoms. The van der Waals surface area contributed by atoms with Crippen molar-refractivity contribution >= 4 is 11.6 Å². The highest BCUT2D eigenvalue weighted by Crippen LogP contribution is 2.21. The first kappa shape index (κ1) is 13.1. The predicted octanol–water partition coefficient (Wildman–Crippen LogP) is 1.96. The zero-order chi connectivity index (χ0) is 15.1. The molecule has 5 nitrogen and oxygen atoms in total. The molecule has 1 amide bonds. The molecule has 1 N–H and O–H groups in total. The van der Waals surface area contributed by atoms with Crippen molar-refractivity contribution in [3.63, 3.8) is 0 Å². The fraction of sp³-hybridized carbons (Fsp3) is 0.294. The lowest BCUT2D eigenvalue weighted by molar-refractivity contribution is 0.0935. The number of imidazole rings is 1. The maximum absolute atomic E-state index is 12.6. The summed E-state index contributed by atoms with van der Waals surface area (Å²) in [7, 11) is 1.92. The third kappa shape index (κ3) is 2.09. The van der Waals surface area contributed by atoms with Crippen molar-refractivity contribution in [3.8, 4) is 0 Å². The largest absolute Gasteiger partial charge is 0.349 e. The maximum Gasteiger partial charge on any atom is 0.256 e. The van der Waals surface area contributed by atoms with Gasteiger partial charge in [0.1, 0.15) is 11.2 Å². The van der Waals surface area contributed by atoms with E-state index in [9.17, 15) is 4.79 Å². The first-order chi connectivity index (χ1) is 10.7. The van der Waals surface area contributed by atoms with E-state index >= 15 is 0 Å². The van der Waals surface area contributed by atoms with Crippen molar-refractivity contribution in [1.29, 1.82) is 0 Å². The minimum Gasteiger partial charge on any atom is -0.349 e. The van der Waals surface area contributed by atoms with Gasteiger partial charge in [-0.3, -0.25) is 4.79 Å². The Balaban J connectivity index is 1.54. The van der Waals surface area contributed by atoms with Crippen LogP contribution in [0.4, 0.5) is 0 Å². The highest BCUT2D eigenvalue weighted by Gasteiger charge is 2.22. The standard InChI is InChI=1S/C17H18N4O/c1-20-8-9-21-17(20)15(11-18-21)16(22)19-14-7-6-12-4-2-3-5-13(12)10-14/h2-5,8-9,11,14H,6-7,10H2,1H3,(H,19,22)/t14-/m0/s1. The van der Waals surface area contributed by atoms with E-state index in [-0.39, 0.29) is 11.9 Å². The topological polar surface area (TPSA) is 51.3 Å². The van der Waals surface area contributed by atoms with Crippen LogP contribution in [-0.2, 0) is 19.9 Å². The summed E-state index contributed by atoms with van der Waals surface area (Å²) in [4.78, 5) is 12.6. The third-order valence-corrected chi connectivity index (χ3v) is 4.46. The molecule has 1 aromatic carbocycles. The summed E-state index contributed by atoms with van der Waals surface area (Å²) in [6.45, 7) is 0. The summed E-state index contributed by atoms with van der Waals surface area (Å²) in [6, 6.07) is 8.67. The lowest BCUT2D eigenvalue weighted by Gasteiger charge is -2.25. The average molecular weight is 294 g/mol. The molecule has 0 saturated carbocycles. The number of nitrogens with zero attached hydrogens (tertiary/aromatic N) is 3. The van der Waals surface area contributed by atoms with Gasteiger partial charge in [-0.25, -0.2) is 4.52 Å². The van der Waals surface area contributed by atoms with Gasteiger partial charge in [0.2, 0.25) is 0 Å². The molecule has 0 saturated heterocycles. The molecule has 1 atom stereocenters. The fourth-order valence-electron chi connectivity index (χ4n) is 3.29. The van der Waals surface area contributed by atoms with Crippen LogP contribution in [0.2, 0.25) is 0 Å². The first-order valence-electron chi connectivity index (χ1n) is 7.58. The summed E-state index contributed by atoms with van der Waals surface area (Å²) in [6.07, 6.45) is 8.30. The van der Waals surface area contributed by atoms with Gasteiger partial charge in [-0.15, -0.1) is 0 Å². The second-order valence-corrected chi connectivity index (χ2v) is 5.92. The van der Waals surface area contributed by atoms with Crippen LogP contribution in [0.1, 0.15) is 27.9 Å². The van der Waals surface area contributed by atoms with Crippen molar-refractivity contribution in [1.82, 2.24) is 19.5 Å². The van der Waals surface area contributed by atoms with E-state index in [4.69, 9.17) is 0 Å². The normalized spacial score (nSPS) is 17.4. The van der Waals surface area contributed by atoms with Crippen LogP contribution in [0, 0.1) is 0 Å². The molecule has 2 aromatic heterocycles. The number of amides is 1. The van der Waals surface area contributed by atoms with E-state index in [2.05, 4.69) is 34.7 Å². The molecule has 5 heteroatoms. The number of benzene rings is 1. The number of carbonyl (C=O) groups is 1. The molecule has 3 aromatic rings. The van der Waals surface area contributed by atoms with Gasteiger partial charge in [0, 0.05) is 25.5 Å². The van der Waals surface area contributed by atoms with Gasteiger partial charge in [0.05, 0.1) is 6.20 Å². The van der Waals surface area contributed by atoms with E-state index in [1.165, 1.54) is 11.1 Å². The van der Waals surface area contributed by atoms with E-state index in [1.807, 2.05) is 24.0 Å². The molecule has 4 rings (SSSR count). The van der Waals surface area contributed by atoms with Crippen LogP contribution in [0.25, 0.3) is 5.65 Å². The highest BCUT2D eigenvalue weighted by atomic mass is 16.1. The minimum absolute atomic E-state index is 0.0406. The van der Waals surface area contributed by atoms with Crippen LogP contribution in [0.3, 0.4) is 0 Å². The molecule has 1 aliphatic carbocycles. The van der Waals surface area contributed by atoms with E-state index in [1.54, 1.807) is 10.7 Å². The number of hydrogen-bond acceptors (Lipinski definition) is 2. The monoisotopic (exact) mass is 294 g/mol. The Morgan fingerprint density at radius 2 is 2.09 bits per heavy atom. The van der Waals surface area contributed by atoms with Crippen molar-refractivity contribution in [2.45, 2.75) is 25.3 Å². The third-order valence-electron chi connectivity index (χ3n) is 4.46. The first-order valence-corrected chi connectivity index (χ1v) is 7.58. The van der Waals surface area contributed by atoms with Gasteiger partial charge in [-0.05, 0) is 30.4 Å². The molecule has 0 unspecified atom stereocenters. The van der Waals surface area contributed by atoms with Crippen LogP contribution >= 0.6 is 0 Å². The molecule has 0 fully saturated rings. The van der Waals surface area contributed by atoms with Crippen LogP contribution in [0.5, 0.6) is 0 Å². The van der Waals surface area contributed by atoms with Gasteiger partial charge in [-0.1, -0.05) is 24.3 Å². The van der Waals surface area contributed by atoms with Crippen molar-refractivity contribution < 1.29 is 4.79 Å². The molecule has 22 heavy (non-hydrogen) atoms. The lowest BCUT2D eigenvalue weighted by atomic mass is 9.88. The number of carbonyl (C=O) groups excluding carboxylic acids is 1. The van der Waals surface area contributed by atoms with Gasteiger partial charge >= 0.3 is 0 Å². The maximum atomic E-state index is 12.6. The number of rotatable bonds is 2. The Kier molecular flexibility index (Phi) is 2.99. The zero-order valence-corrected chi connectivity index (χ0v) is 12.5. The second kappa shape index (κ2) is 5.02. The number of nitrogens with one attached hydrogen (secondary N) is 1. The molecule has 0 spiro atoms. The fourth-order valence-corrected chi connectivity index (χ4v) is 3.29. The van der Waals surface area contributed by atoms with Crippen molar-refractivity contribution in [3.05, 3.63) is 59.5 Å². The molecule has 0 aliphatic heterocycles. The van der Waals surface area contributed by atoms with Crippen molar-refractivity contribution in [2.24, 2.45) is 7.05 Å². The summed E-state index contributed by atoms with van der Waals surface area (Å²) >= 11 is 0. The number of hydrogen-bond donors (Lipinski definition) is 1. The predicted molar refractivity (Wildman–Crippen MR) is 83.9 cm³/mol. The Morgan fingerprint density at radius 1 is 1.27 bits per heavy atom. The zero-order valence-electron chi connectivity index (χ0n) is 12.5. The van der Waals surface area contributed by atoms with Crippen molar-refractivity contribution in [2.75, 3.05) is 0 Å². The summed E-state index contributed by atoms with van der Waals surface area (Å²) in [5.41, 5.74) is 4.21.